The summed E-state index contributed by atoms with van der Waals surface area (Å²) in [7, 11) is 1.31. The molecule has 1 unspecified atom stereocenters. The van der Waals surface area contributed by atoms with Crippen LogP contribution in [-0.2, 0) is 9.53 Å². The average Bonchev–Trinajstić information content (AvgIpc) is 2.93. The van der Waals surface area contributed by atoms with Crippen molar-refractivity contribution >= 4 is 11.9 Å². The van der Waals surface area contributed by atoms with Crippen molar-refractivity contribution in [3.8, 4) is 11.5 Å². The lowest BCUT2D eigenvalue weighted by molar-refractivity contribution is -0.147. The van der Waals surface area contributed by atoms with Crippen molar-refractivity contribution in [2.24, 2.45) is 0 Å². The van der Waals surface area contributed by atoms with Crippen molar-refractivity contribution in [3.05, 3.63) is 23.8 Å². The zero-order chi connectivity index (χ0) is 15.5. The molecule has 0 bridgehead atoms. The number of nitrogens with one attached hydrogen (secondary N) is 1. The van der Waals surface area contributed by atoms with Crippen molar-refractivity contribution in [1.29, 1.82) is 0 Å². The van der Waals surface area contributed by atoms with E-state index < -0.39 is 11.5 Å². The van der Waals surface area contributed by atoms with E-state index >= 15 is 0 Å². The van der Waals surface area contributed by atoms with Crippen LogP contribution < -0.4 is 14.8 Å². The zero-order valence-electron chi connectivity index (χ0n) is 12.4. The molecular weight excluding hydrogens is 274 g/mol. The van der Waals surface area contributed by atoms with Crippen LogP contribution in [0.2, 0.25) is 0 Å². The Morgan fingerprint density at radius 3 is 2.71 bits per heavy atom. The van der Waals surface area contributed by atoms with E-state index in [0.29, 0.717) is 23.5 Å². The lowest BCUT2D eigenvalue weighted by atomic mass is 9.95. The van der Waals surface area contributed by atoms with Crippen LogP contribution in [0.5, 0.6) is 11.5 Å². The van der Waals surface area contributed by atoms with Crippen LogP contribution in [0, 0.1) is 0 Å². The van der Waals surface area contributed by atoms with Gasteiger partial charge in [-0.2, -0.15) is 0 Å². The van der Waals surface area contributed by atoms with Gasteiger partial charge in [-0.3, -0.25) is 4.79 Å². The van der Waals surface area contributed by atoms with Gasteiger partial charge in [0.25, 0.3) is 5.91 Å². The summed E-state index contributed by atoms with van der Waals surface area (Å²) >= 11 is 0. The second-order valence-electron chi connectivity index (χ2n) is 5.10. The van der Waals surface area contributed by atoms with E-state index in [1.54, 1.807) is 25.1 Å². The number of benzene rings is 1. The van der Waals surface area contributed by atoms with E-state index in [-0.39, 0.29) is 12.7 Å². The molecule has 1 amide bonds. The van der Waals surface area contributed by atoms with Crippen molar-refractivity contribution < 1.29 is 23.8 Å². The predicted octanol–water partition coefficient (Wildman–Crippen LogP) is 1.88. The number of ether oxygens (including phenoxy) is 3. The highest BCUT2D eigenvalue weighted by Gasteiger charge is 2.35. The summed E-state index contributed by atoms with van der Waals surface area (Å²) in [5, 5.41) is 2.74. The highest BCUT2D eigenvalue weighted by atomic mass is 16.7. The molecule has 1 atom stereocenters. The van der Waals surface area contributed by atoms with E-state index in [0.717, 1.165) is 6.42 Å². The van der Waals surface area contributed by atoms with Gasteiger partial charge in [0.1, 0.15) is 5.54 Å². The van der Waals surface area contributed by atoms with E-state index in [4.69, 9.17) is 14.2 Å². The number of carbonyl (C=O) groups excluding carboxylic acids is 2. The standard InChI is InChI=1S/C15H19NO5/c1-4-7-15(2,14(18)19-3)16-13(17)10-5-6-11-12(8-10)21-9-20-11/h5-6,8H,4,7,9H2,1-3H3,(H,16,17). The van der Waals surface area contributed by atoms with Crippen LogP contribution in [-0.4, -0.2) is 31.3 Å². The van der Waals surface area contributed by atoms with Crippen LogP contribution >= 0.6 is 0 Å². The summed E-state index contributed by atoms with van der Waals surface area (Å²) in [6.45, 7) is 3.75. The van der Waals surface area contributed by atoms with E-state index in [1.165, 1.54) is 7.11 Å². The monoisotopic (exact) mass is 293 g/mol. The zero-order valence-corrected chi connectivity index (χ0v) is 12.4. The van der Waals surface area contributed by atoms with Gasteiger partial charge in [0.2, 0.25) is 6.79 Å². The predicted molar refractivity (Wildman–Crippen MR) is 75.4 cm³/mol. The van der Waals surface area contributed by atoms with E-state index in [9.17, 15) is 9.59 Å². The fourth-order valence-corrected chi connectivity index (χ4v) is 2.30. The van der Waals surface area contributed by atoms with Gasteiger partial charge in [0.05, 0.1) is 7.11 Å². The molecule has 1 aromatic rings. The number of rotatable bonds is 5. The molecule has 0 fully saturated rings. The molecule has 0 saturated heterocycles. The largest absolute Gasteiger partial charge is 0.467 e. The fourth-order valence-electron chi connectivity index (χ4n) is 2.30. The Balaban J connectivity index is 2.17. The first-order valence-corrected chi connectivity index (χ1v) is 6.80. The maximum absolute atomic E-state index is 12.3. The molecule has 1 heterocycles. The molecule has 0 spiro atoms. The summed E-state index contributed by atoms with van der Waals surface area (Å²) in [5.41, 5.74) is -0.637. The average molecular weight is 293 g/mol. The molecule has 1 N–H and O–H groups in total. The van der Waals surface area contributed by atoms with Gasteiger partial charge in [-0.1, -0.05) is 13.3 Å². The van der Waals surface area contributed by atoms with Gasteiger partial charge >= 0.3 is 5.97 Å². The summed E-state index contributed by atoms with van der Waals surface area (Å²) in [6, 6.07) is 4.90. The molecule has 6 heteroatoms. The van der Waals surface area contributed by atoms with Crippen LogP contribution in [0.4, 0.5) is 0 Å². The van der Waals surface area contributed by atoms with Gasteiger partial charge in [-0.05, 0) is 31.5 Å². The number of hydrogen-bond donors (Lipinski definition) is 1. The van der Waals surface area contributed by atoms with Crippen molar-refractivity contribution in [3.63, 3.8) is 0 Å². The van der Waals surface area contributed by atoms with Gasteiger partial charge < -0.3 is 19.5 Å². The Morgan fingerprint density at radius 1 is 1.33 bits per heavy atom. The first-order valence-electron chi connectivity index (χ1n) is 6.80. The van der Waals surface area contributed by atoms with Crippen LogP contribution in [0.1, 0.15) is 37.0 Å². The first-order chi connectivity index (χ1) is 10.00. The molecule has 2 rings (SSSR count). The summed E-state index contributed by atoms with van der Waals surface area (Å²) in [5.74, 6) is 0.321. The molecule has 114 valence electrons. The third-order valence-corrected chi connectivity index (χ3v) is 3.41. The third-order valence-electron chi connectivity index (χ3n) is 3.41. The number of fused-ring (bicyclic) bond motifs is 1. The molecule has 6 nitrogen and oxygen atoms in total. The molecule has 21 heavy (non-hydrogen) atoms. The Labute approximate surface area is 123 Å². The smallest absolute Gasteiger partial charge is 0.331 e. The molecule has 0 aromatic heterocycles. The molecule has 1 aromatic carbocycles. The summed E-state index contributed by atoms with van der Waals surface area (Å²) in [6.07, 6.45) is 1.24. The number of methoxy groups -OCH3 is 1. The van der Waals surface area contributed by atoms with Crippen molar-refractivity contribution in [2.45, 2.75) is 32.2 Å². The molecule has 0 saturated carbocycles. The molecule has 0 radical (unpaired) electrons. The third kappa shape index (κ3) is 3.09. The molecular formula is C15H19NO5. The number of esters is 1. The minimum absolute atomic E-state index is 0.149. The quantitative estimate of drug-likeness (QED) is 0.839. The Kier molecular flexibility index (Phi) is 4.35. The molecule has 1 aliphatic rings. The molecule has 1 aliphatic heterocycles. The normalized spacial score (nSPS) is 15.2. The molecule has 0 aliphatic carbocycles. The van der Waals surface area contributed by atoms with E-state index in [2.05, 4.69) is 5.32 Å². The number of hydrogen-bond acceptors (Lipinski definition) is 5. The van der Waals surface area contributed by atoms with Crippen LogP contribution in [0.25, 0.3) is 0 Å². The Bertz CT molecular complexity index is 557. The minimum Gasteiger partial charge on any atom is -0.467 e. The van der Waals surface area contributed by atoms with Gasteiger partial charge in [0, 0.05) is 5.56 Å². The minimum atomic E-state index is -1.04. The highest BCUT2D eigenvalue weighted by Crippen LogP contribution is 2.32. The van der Waals surface area contributed by atoms with Gasteiger partial charge in [-0.25, -0.2) is 4.79 Å². The van der Waals surface area contributed by atoms with Crippen molar-refractivity contribution in [2.75, 3.05) is 13.9 Å². The summed E-state index contributed by atoms with van der Waals surface area (Å²) < 4.78 is 15.2. The maximum Gasteiger partial charge on any atom is 0.331 e. The topological polar surface area (TPSA) is 73.9 Å². The number of amides is 1. The van der Waals surface area contributed by atoms with Crippen molar-refractivity contribution in [1.82, 2.24) is 5.32 Å². The maximum atomic E-state index is 12.3. The number of carbonyl (C=O) groups is 2. The lowest BCUT2D eigenvalue weighted by Gasteiger charge is -2.27. The Morgan fingerprint density at radius 2 is 2.05 bits per heavy atom. The summed E-state index contributed by atoms with van der Waals surface area (Å²) in [4.78, 5) is 24.2. The first kappa shape index (κ1) is 15.2. The SMILES string of the molecule is CCCC(C)(NC(=O)c1ccc2c(c1)OCO2)C(=O)OC. The second-order valence-corrected chi connectivity index (χ2v) is 5.10. The van der Waals surface area contributed by atoms with E-state index in [1.807, 2.05) is 6.92 Å². The lowest BCUT2D eigenvalue weighted by Crippen LogP contribution is -2.52. The van der Waals surface area contributed by atoms with Gasteiger partial charge in [-0.15, -0.1) is 0 Å². The van der Waals surface area contributed by atoms with Crippen LogP contribution in [0.15, 0.2) is 18.2 Å². The van der Waals surface area contributed by atoms with Crippen LogP contribution in [0.3, 0.4) is 0 Å². The van der Waals surface area contributed by atoms with Gasteiger partial charge in [0.15, 0.2) is 11.5 Å². The Hall–Kier alpha value is -2.24. The fraction of sp³-hybridized carbons (Fsp3) is 0.467. The second kappa shape index (κ2) is 6.03. The highest BCUT2D eigenvalue weighted by molar-refractivity contribution is 5.98.